The quantitative estimate of drug-likeness (QED) is 0.898. The maximum absolute atomic E-state index is 13.2. The van der Waals surface area contributed by atoms with Gasteiger partial charge in [-0.3, -0.25) is 0 Å². The number of benzene rings is 2. The molecular formula is C14H13ClFNO. The van der Waals surface area contributed by atoms with Crippen molar-refractivity contribution < 1.29 is 9.13 Å². The lowest BCUT2D eigenvalue weighted by Gasteiger charge is -2.13. The van der Waals surface area contributed by atoms with Crippen molar-refractivity contribution in [2.45, 2.75) is 13.0 Å². The topological polar surface area (TPSA) is 35.2 Å². The van der Waals surface area contributed by atoms with Gasteiger partial charge in [-0.25, -0.2) is 4.39 Å². The Kier molecular flexibility index (Phi) is 3.84. The normalized spacial score (nSPS) is 12.2. The van der Waals surface area contributed by atoms with Crippen molar-refractivity contribution in [3.63, 3.8) is 0 Å². The van der Waals surface area contributed by atoms with E-state index >= 15 is 0 Å². The first-order valence-electron chi connectivity index (χ1n) is 5.54. The first kappa shape index (κ1) is 12.9. The summed E-state index contributed by atoms with van der Waals surface area (Å²) in [6, 6.07) is 10.9. The van der Waals surface area contributed by atoms with E-state index in [0.29, 0.717) is 22.1 Å². The Morgan fingerprint density at radius 2 is 1.83 bits per heavy atom. The Morgan fingerprint density at radius 3 is 2.44 bits per heavy atom. The highest BCUT2D eigenvalue weighted by atomic mass is 35.5. The summed E-state index contributed by atoms with van der Waals surface area (Å²) in [5.74, 6) is 0.854. The van der Waals surface area contributed by atoms with Gasteiger partial charge in [0, 0.05) is 16.6 Å². The van der Waals surface area contributed by atoms with Gasteiger partial charge in [-0.05, 0) is 49.4 Å². The summed E-state index contributed by atoms with van der Waals surface area (Å²) in [4.78, 5) is 0. The highest BCUT2D eigenvalue weighted by molar-refractivity contribution is 6.30. The molecule has 0 aromatic heterocycles. The highest BCUT2D eigenvalue weighted by Crippen LogP contribution is 2.29. The molecule has 0 amide bonds. The maximum Gasteiger partial charge on any atom is 0.132 e. The van der Waals surface area contributed by atoms with E-state index in [2.05, 4.69) is 0 Å². The summed E-state index contributed by atoms with van der Waals surface area (Å²) in [6.45, 7) is 1.78. The molecule has 2 nitrogen and oxygen atoms in total. The van der Waals surface area contributed by atoms with Gasteiger partial charge < -0.3 is 10.5 Å². The van der Waals surface area contributed by atoms with Crippen LogP contribution in [0.5, 0.6) is 11.5 Å². The van der Waals surface area contributed by atoms with Crippen molar-refractivity contribution in [1.82, 2.24) is 0 Å². The van der Waals surface area contributed by atoms with Crippen LogP contribution in [0.2, 0.25) is 5.02 Å². The standard InChI is InChI=1S/C14H13ClFNO/c1-9(17)13-8-11(16)4-7-14(13)18-12-5-2-10(15)3-6-12/h2-9H,17H2,1H3/t9-/m0/s1. The van der Waals surface area contributed by atoms with E-state index in [1.54, 1.807) is 37.3 Å². The summed E-state index contributed by atoms with van der Waals surface area (Å²) in [6.07, 6.45) is 0. The van der Waals surface area contributed by atoms with Gasteiger partial charge in [0.15, 0.2) is 0 Å². The molecule has 4 heteroatoms. The smallest absolute Gasteiger partial charge is 0.132 e. The summed E-state index contributed by atoms with van der Waals surface area (Å²) in [7, 11) is 0. The van der Waals surface area contributed by atoms with E-state index in [4.69, 9.17) is 22.1 Å². The van der Waals surface area contributed by atoms with Gasteiger partial charge in [0.25, 0.3) is 0 Å². The molecule has 1 atom stereocenters. The van der Waals surface area contributed by atoms with Crippen LogP contribution >= 0.6 is 11.6 Å². The van der Waals surface area contributed by atoms with Crippen LogP contribution in [0, 0.1) is 5.82 Å². The Hall–Kier alpha value is -1.58. The number of rotatable bonds is 3. The van der Waals surface area contributed by atoms with Crippen molar-refractivity contribution in [1.29, 1.82) is 0 Å². The summed E-state index contributed by atoms with van der Waals surface area (Å²) >= 11 is 5.79. The van der Waals surface area contributed by atoms with Gasteiger partial charge in [-0.2, -0.15) is 0 Å². The fourth-order valence-electron chi connectivity index (χ4n) is 1.60. The number of halogens is 2. The second-order valence-corrected chi connectivity index (χ2v) is 4.46. The molecular weight excluding hydrogens is 253 g/mol. The Labute approximate surface area is 110 Å². The number of hydrogen-bond donors (Lipinski definition) is 1. The van der Waals surface area contributed by atoms with Crippen LogP contribution in [-0.4, -0.2) is 0 Å². The molecule has 0 unspecified atom stereocenters. The van der Waals surface area contributed by atoms with Crippen molar-refractivity contribution >= 4 is 11.6 Å². The van der Waals surface area contributed by atoms with Crippen molar-refractivity contribution in [2.75, 3.05) is 0 Å². The molecule has 0 radical (unpaired) electrons. The lowest BCUT2D eigenvalue weighted by atomic mass is 10.1. The zero-order chi connectivity index (χ0) is 13.1. The minimum Gasteiger partial charge on any atom is -0.457 e. The average molecular weight is 266 g/mol. The zero-order valence-electron chi connectivity index (χ0n) is 9.86. The van der Waals surface area contributed by atoms with E-state index in [1.807, 2.05) is 0 Å². The number of ether oxygens (including phenoxy) is 1. The molecule has 0 aliphatic rings. The predicted octanol–water partition coefficient (Wildman–Crippen LogP) is 4.29. The second-order valence-electron chi connectivity index (χ2n) is 4.03. The van der Waals surface area contributed by atoms with Gasteiger partial charge in [0.2, 0.25) is 0 Å². The zero-order valence-corrected chi connectivity index (χ0v) is 10.6. The van der Waals surface area contributed by atoms with Gasteiger partial charge >= 0.3 is 0 Å². The summed E-state index contributed by atoms with van der Waals surface area (Å²) in [5.41, 5.74) is 6.42. The van der Waals surface area contributed by atoms with E-state index in [1.165, 1.54) is 12.1 Å². The number of nitrogens with two attached hydrogens (primary N) is 1. The van der Waals surface area contributed by atoms with E-state index < -0.39 is 0 Å². The molecule has 2 aromatic rings. The fraction of sp³-hybridized carbons (Fsp3) is 0.143. The predicted molar refractivity (Wildman–Crippen MR) is 70.5 cm³/mol. The third-order valence-electron chi connectivity index (χ3n) is 2.50. The minimum atomic E-state index is -0.328. The largest absolute Gasteiger partial charge is 0.457 e. The molecule has 18 heavy (non-hydrogen) atoms. The Morgan fingerprint density at radius 1 is 1.17 bits per heavy atom. The van der Waals surface area contributed by atoms with Crippen LogP contribution < -0.4 is 10.5 Å². The Balaban J connectivity index is 2.31. The molecule has 2 rings (SSSR count). The van der Waals surface area contributed by atoms with E-state index in [9.17, 15) is 4.39 Å². The summed E-state index contributed by atoms with van der Waals surface area (Å²) < 4.78 is 18.8. The maximum atomic E-state index is 13.2. The van der Waals surface area contributed by atoms with Crippen LogP contribution in [0.4, 0.5) is 4.39 Å². The monoisotopic (exact) mass is 265 g/mol. The van der Waals surface area contributed by atoms with Crippen LogP contribution in [0.1, 0.15) is 18.5 Å². The van der Waals surface area contributed by atoms with E-state index in [-0.39, 0.29) is 11.9 Å². The molecule has 0 saturated carbocycles. The minimum absolute atomic E-state index is 0.303. The van der Waals surface area contributed by atoms with E-state index in [0.717, 1.165) is 0 Å². The lowest BCUT2D eigenvalue weighted by molar-refractivity contribution is 0.469. The SMILES string of the molecule is C[C@H](N)c1cc(F)ccc1Oc1ccc(Cl)cc1. The van der Waals surface area contributed by atoms with Gasteiger partial charge in [0.1, 0.15) is 17.3 Å². The first-order valence-corrected chi connectivity index (χ1v) is 5.92. The van der Waals surface area contributed by atoms with Crippen LogP contribution in [0.3, 0.4) is 0 Å². The molecule has 0 aliphatic heterocycles. The molecule has 2 aromatic carbocycles. The third-order valence-corrected chi connectivity index (χ3v) is 2.76. The molecule has 94 valence electrons. The van der Waals surface area contributed by atoms with Gasteiger partial charge in [0.05, 0.1) is 0 Å². The van der Waals surface area contributed by atoms with Gasteiger partial charge in [-0.15, -0.1) is 0 Å². The molecule has 0 saturated heterocycles. The molecule has 0 aliphatic carbocycles. The average Bonchev–Trinajstić information content (AvgIpc) is 2.34. The molecule has 0 fully saturated rings. The molecule has 2 N–H and O–H groups in total. The lowest BCUT2D eigenvalue weighted by Crippen LogP contribution is -2.07. The van der Waals surface area contributed by atoms with Crippen LogP contribution in [0.15, 0.2) is 42.5 Å². The fourth-order valence-corrected chi connectivity index (χ4v) is 1.72. The van der Waals surface area contributed by atoms with Crippen LogP contribution in [-0.2, 0) is 0 Å². The summed E-state index contributed by atoms with van der Waals surface area (Å²) in [5, 5.41) is 0.633. The Bertz CT molecular complexity index is 540. The first-order chi connectivity index (χ1) is 8.56. The highest BCUT2D eigenvalue weighted by Gasteiger charge is 2.10. The second kappa shape index (κ2) is 5.38. The number of hydrogen-bond acceptors (Lipinski definition) is 2. The van der Waals surface area contributed by atoms with Crippen molar-refractivity contribution in [3.8, 4) is 11.5 Å². The van der Waals surface area contributed by atoms with Crippen molar-refractivity contribution in [2.24, 2.45) is 5.73 Å². The molecule has 0 bridgehead atoms. The molecule has 0 heterocycles. The third kappa shape index (κ3) is 3.00. The van der Waals surface area contributed by atoms with Crippen molar-refractivity contribution in [3.05, 3.63) is 58.9 Å². The van der Waals surface area contributed by atoms with Crippen LogP contribution in [0.25, 0.3) is 0 Å². The van der Waals surface area contributed by atoms with Gasteiger partial charge in [-0.1, -0.05) is 11.6 Å². The molecule has 0 spiro atoms.